The average Bonchev–Trinajstić information content (AvgIpc) is 3.27. The predicted octanol–water partition coefficient (Wildman–Crippen LogP) is 4.79. The molecule has 4 rings (SSSR count). The van der Waals surface area contributed by atoms with E-state index in [1.807, 2.05) is 0 Å². The van der Waals surface area contributed by atoms with Gasteiger partial charge < -0.3 is 9.73 Å². The molecule has 0 saturated carbocycles. The summed E-state index contributed by atoms with van der Waals surface area (Å²) in [6.07, 6.45) is -3.02. The fourth-order valence-electron chi connectivity index (χ4n) is 3.06. The molecule has 0 aliphatic rings. The number of thioether (sulfide) groups is 1. The minimum Gasteiger partial charge on any atom is -0.467 e. The summed E-state index contributed by atoms with van der Waals surface area (Å²) in [6.45, 7) is 0.126. The molecule has 6 nitrogen and oxygen atoms in total. The van der Waals surface area contributed by atoms with Crippen LogP contribution < -0.4 is 10.9 Å². The molecule has 0 spiro atoms. The molecule has 2 aromatic carbocycles. The van der Waals surface area contributed by atoms with Gasteiger partial charge in [0.2, 0.25) is 5.91 Å². The quantitative estimate of drug-likeness (QED) is 0.332. The number of hydrogen-bond acceptors (Lipinski definition) is 5. The summed E-state index contributed by atoms with van der Waals surface area (Å²) in [5.41, 5.74) is -0.627. The normalized spacial score (nSPS) is 11.6. The van der Waals surface area contributed by atoms with Crippen molar-refractivity contribution in [3.8, 4) is 0 Å². The Hall–Kier alpha value is -3.53. The molecule has 0 bridgehead atoms. The highest BCUT2D eigenvalue weighted by Crippen LogP contribution is 2.30. The van der Waals surface area contributed by atoms with Gasteiger partial charge in [-0.15, -0.1) is 0 Å². The van der Waals surface area contributed by atoms with E-state index in [4.69, 9.17) is 4.42 Å². The van der Waals surface area contributed by atoms with Crippen molar-refractivity contribution in [1.29, 1.82) is 0 Å². The molecule has 32 heavy (non-hydrogen) atoms. The van der Waals surface area contributed by atoms with E-state index in [1.165, 1.54) is 23.0 Å². The Morgan fingerprint density at radius 3 is 2.66 bits per heavy atom. The number of amides is 1. The number of alkyl halides is 3. The highest BCUT2D eigenvalue weighted by Gasteiger charge is 2.30. The van der Waals surface area contributed by atoms with Crippen LogP contribution in [0.5, 0.6) is 0 Å². The van der Waals surface area contributed by atoms with Crippen molar-refractivity contribution in [1.82, 2.24) is 9.55 Å². The molecule has 0 atom stereocenters. The van der Waals surface area contributed by atoms with E-state index in [0.717, 1.165) is 23.9 Å². The highest BCUT2D eigenvalue weighted by atomic mass is 32.2. The van der Waals surface area contributed by atoms with E-state index < -0.39 is 17.6 Å². The summed E-state index contributed by atoms with van der Waals surface area (Å²) in [5.74, 6) is -0.139. The molecule has 0 aliphatic heterocycles. The SMILES string of the molecule is O=C(CSc1nc2ccccc2c(=O)n1Cc1ccco1)Nc1cccc(C(F)(F)F)c1. The number of rotatable bonds is 6. The lowest BCUT2D eigenvalue weighted by atomic mass is 10.2. The van der Waals surface area contributed by atoms with Crippen molar-refractivity contribution >= 4 is 34.3 Å². The van der Waals surface area contributed by atoms with Crippen molar-refractivity contribution in [3.05, 3.63) is 88.6 Å². The van der Waals surface area contributed by atoms with Crippen LogP contribution in [0.4, 0.5) is 18.9 Å². The molecular weight excluding hydrogens is 443 g/mol. The molecule has 0 radical (unpaired) electrons. The average molecular weight is 459 g/mol. The minimum atomic E-state index is -4.51. The molecule has 2 aromatic heterocycles. The molecule has 10 heteroatoms. The third-order valence-electron chi connectivity index (χ3n) is 4.53. The van der Waals surface area contributed by atoms with Crippen molar-refractivity contribution in [3.63, 3.8) is 0 Å². The third kappa shape index (κ3) is 4.86. The van der Waals surface area contributed by atoms with Gasteiger partial charge in [-0.05, 0) is 42.5 Å². The zero-order valence-electron chi connectivity index (χ0n) is 16.4. The van der Waals surface area contributed by atoms with Gasteiger partial charge in [0, 0.05) is 5.69 Å². The molecule has 2 heterocycles. The molecule has 1 amide bonds. The molecule has 164 valence electrons. The number of benzene rings is 2. The van der Waals surface area contributed by atoms with Crippen molar-refractivity contribution in [2.75, 3.05) is 11.1 Å². The van der Waals surface area contributed by atoms with Gasteiger partial charge in [-0.25, -0.2) is 4.98 Å². The monoisotopic (exact) mass is 459 g/mol. The fraction of sp³-hybridized carbons (Fsp3) is 0.136. The number of nitrogens with zero attached hydrogens (tertiary/aromatic N) is 2. The number of fused-ring (bicyclic) bond motifs is 1. The topological polar surface area (TPSA) is 77.1 Å². The van der Waals surface area contributed by atoms with Crippen LogP contribution in [0.1, 0.15) is 11.3 Å². The van der Waals surface area contributed by atoms with E-state index >= 15 is 0 Å². The number of hydrogen-bond donors (Lipinski definition) is 1. The van der Waals surface area contributed by atoms with Gasteiger partial charge in [-0.2, -0.15) is 13.2 Å². The van der Waals surface area contributed by atoms with Crippen LogP contribution >= 0.6 is 11.8 Å². The first kappa shape index (κ1) is 21.7. The van der Waals surface area contributed by atoms with E-state index in [2.05, 4.69) is 10.3 Å². The second kappa shape index (κ2) is 8.91. The fourth-order valence-corrected chi connectivity index (χ4v) is 3.85. The Bertz CT molecular complexity index is 1320. The summed E-state index contributed by atoms with van der Waals surface area (Å²) in [5, 5.41) is 3.17. The lowest BCUT2D eigenvalue weighted by Crippen LogP contribution is -2.24. The maximum Gasteiger partial charge on any atom is 0.416 e. The molecule has 0 aliphatic carbocycles. The standard InChI is InChI=1S/C22H16F3N3O3S/c23-22(24,25)14-5-3-6-15(11-14)26-19(29)13-32-21-27-18-9-2-1-8-17(18)20(30)28(21)12-16-7-4-10-31-16/h1-11H,12-13H2,(H,26,29). The largest absolute Gasteiger partial charge is 0.467 e. The number of aromatic nitrogens is 2. The van der Waals surface area contributed by atoms with Crippen LogP contribution in [-0.2, 0) is 17.5 Å². The maximum absolute atomic E-state index is 13.0. The van der Waals surface area contributed by atoms with E-state index in [-0.39, 0.29) is 23.5 Å². The Kier molecular flexibility index (Phi) is 6.04. The number of anilines is 1. The molecule has 0 unspecified atom stereocenters. The zero-order valence-corrected chi connectivity index (χ0v) is 17.2. The Balaban J connectivity index is 1.56. The van der Waals surface area contributed by atoms with Gasteiger partial charge in [-0.1, -0.05) is 30.0 Å². The van der Waals surface area contributed by atoms with Crippen LogP contribution in [0.15, 0.2) is 81.3 Å². The first-order chi connectivity index (χ1) is 15.3. The van der Waals surface area contributed by atoms with Crippen LogP contribution in [0.25, 0.3) is 10.9 Å². The van der Waals surface area contributed by atoms with E-state index in [1.54, 1.807) is 36.4 Å². The van der Waals surface area contributed by atoms with Crippen LogP contribution in [0.3, 0.4) is 0 Å². The van der Waals surface area contributed by atoms with Crippen molar-refractivity contribution in [2.45, 2.75) is 17.9 Å². The summed E-state index contributed by atoms with van der Waals surface area (Å²) >= 11 is 1.01. The van der Waals surface area contributed by atoms with Crippen LogP contribution in [0, 0.1) is 0 Å². The Labute approximate surface area is 184 Å². The molecule has 1 N–H and O–H groups in total. The number of nitrogens with one attached hydrogen (secondary N) is 1. The highest BCUT2D eigenvalue weighted by molar-refractivity contribution is 7.99. The minimum absolute atomic E-state index is 0.0323. The number of carbonyl (C=O) groups is 1. The second-order valence-corrected chi connectivity index (χ2v) is 7.74. The van der Waals surface area contributed by atoms with Gasteiger partial charge in [0.15, 0.2) is 5.16 Å². The van der Waals surface area contributed by atoms with Gasteiger partial charge in [0.1, 0.15) is 5.76 Å². The summed E-state index contributed by atoms with van der Waals surface area (Å²) in [7, 11) is 0. The number of halogens is 3. The van der Waals surface area contributed by atoms with Crippen LogP contribution in [0.2, 0.25) is 0 Å². The van der Waals surface area contributed by atoms with Gasteiger partial charge in [-0.3, -0.25) is 14.2 Å². The second-order valence-electron chi connectivity index (χ2n) is 6.80. The zero-order chi connectivity index (χ0) is 22.7. The van der Waals surface area contributed by atoms with E-state index in [9.17, 15) is 22.8 Å². The molecular formula is C22H16F3N3O3S. The molecule has 0 saturated heterocycles. The number of para-hydroxylation sites is 1. The van der Waals surface area contributed by atoms with Crippen LogP contribution in [-0.4, -0.2) is 21.2 Å². The first-order valence-electron chi connectivity index (χ1n) is 9.43. The van der Waals surface area contributed by atoms with E-state index in [0.29, 0.717) is 21.8 Å². The predicted molar refractivity (Wildman–Crippen MR) is 115 cm³/mol. The lowest BCUT2D eigenvalue weighted by molar-refractivity contribution is -0.137. The smallest absolute Gasteiger partial charge is 0.416 e. The van der Waals surface area contributed by atoms with Crippen molar-refractivity contribution in [2.24, 2.45) is 0 Å². The first-order valence-corrected chi connectivity index (χ1v) is 10.4. The van der Waals surface area contributed by atoms with Gasteiger partial charge in [0.25, 0.3) is 5.56 Å². The Morgan fingerprint density at radius 2 is 1.91 bits per heavy atom. The summed E-state index contributed by atoms with van der Waals surface area (Å²) < 4.78 is 45.4. The van der Waals surface area contributed by atoms with Gasteiger partial charge in [0.05, 0.1) is 35.0 Å². The Morgan fingerprint density at radius 1 is 1.09 bits per heavy atom. The van der Waals surface area contributed by atoms with Gasteiger partial charge >= 0.3 is 6.18 Å². The summed E-state index contributed by atoms with van der Waals surface area (Å²) in [4.78, 5) is 29.9. The third-order valence-corrected chi connectivity index (χ3v) is 5.50. The molecule has 4 aromatic rings. The number of furan rings is 1. The summed E-state index contributed by atoms with van der Waals surface area (Å²) in [6, 6.07) is 14.6. The lowest BCUT2D eigenvalue weighted by Gasteiger charge is -2.12. The van der Waals surface area contributed by atoms with Crippen molar-refractivity contribution < 1.29 is 22.4 Å². The number of carbonyl (C=O) groups excluding carboxylic acids is 1. The molecule has 0 fully saturated rings. The maximum atomic E-state index is 13.0.